The van der Waals surface area contributed by atoms with Crippen LogP contribution in [0.15, 0.2) is 28.7 Å². The van der Waals surface area contributed by atoms with Gasteiger partial charge in [-0.2, -0.15) is 13.2 Å². The van der Waals surface area contributed by atoms with Gasteiger partial charge < -0.3 is 9.84 Å². The molecule has 0 heterocycles. The summed E-state index contributed by atoms with van der Waals surface area (Å²) >= 11 is 3.09. The highest BCUT2D eigenvalue weighted by Gasteiger charge is 2.42. The minimum absolute atomic E-state index is 0.137. The van der Waals surface area contributed by atoms with Gasteiger partial charge >= 0.3 is 12.1 Å². The van der Waals surface area contributed by atoms with E-state index in [1.165, 1.54) is 24.3 Å². The predicted octanol–water partition coefficient (Wildman–Crippen LogP) is 3.15. The number of alkyl halides is 3. The standard InChI is InChI=1S/C10H8BrF3O3/c11-7-3-1-6(2-4-7)9(10(12,13)14)17-5-8(15)16/h1-4,9H,5H2,(H,15,16). The Kier molecular flexibility index (Phi) is 4.53. The Bertz CT molecular complexity index is 389. The molecule has 1 aromatic carbocycles. The minimum Gasteiger partial charge on any atom is -0.480 e. The molecule has 94 valence electrons. The monoisotopic (exact) mass is 312 g/mol. The largest absolute Gasteiger partial charge is 0.480 e. The average molecular weight is 313 g/mol. The highest BCUT2D eigenvalue weighted by atomic mass is 79.9. The average Bonchev–Trinajstić information content (AvgIpc) is 2.18. The number of halogens is 4. The highest BCUT2D eigenvalue weighted by molar-refractivity contribution is 9.10. The summed E-state index contributed by atoms with van der Waals surface area (Å²) in [5, 5.41) is 8.32. The number of hydrogen-bond donors (Lipinski definition) is 1. The van der Waals surface area contributed by atoms with Gasteiger partial charge in [0.25, 0.3) is 0 Å². The van der Waals surface area contributed by atoms with Crippen molar-refractivity contribution >= 4 is 21.9 Å². The molecule has 1 rings (SSSR count). The first-order chi connectivity index (χ1) is 7.80. The SMILES string of the molecule is O=C(O)COC(c1ccc(Br)cc1)C(F)(F)F. The number of carboxylic acid groups (broad SMARTS) is 1. The van der Waals surface area contributed by atoms with E-state index in [2.05, 4.69) is 20.7 Å². The van der Waals surface area contributed by atoms with E-state index in [4.69, 9.17) is 5.11 Å². The molecule has 0 saturated carbocycles. The predicted molar refractivity (Wildman–Crippen MR) is 56.5 cm³/mol. The molecule has 1 N–H and O–H groups in total. The summed E-state index contributed by atoms with van der Waals surface area (Å²) in [6, 6.07) is 5.31. The third-order valence-corrected chi connectivity index (χ3v) is 2.37. The van der Waals surface area contributed by atoms with Crippen molar-refractivity contribution in [2.45, 2.75) is 12.3 Å². The molecule has 1 atom stereocenters. The summed E-state index contributed by atoms with van der Waals surface area (Å²) in [6.45, 7) is -1.000. The highest BCUT2D eigenvalue weighted by Crippen LogP contribution is 2.36. The molecule has 0 spiro atoms. The second kappa shape index (κ2) is 5.50. The van der Waals surface area contributed by atoms with Gasteiger partial charge in [0.15, 0.2) is 6.10 Å². The number of benzene rings is 1. The molecule has 0 bridgehead atoms. The molecule has 0 aromatic heterocycles. The van der Waals surface area contributed by atoms with Crippen molar-refractivity contribution in [2.24, 2.45) is 0 Å². The van der Waals surface area contributed by atoms with Gasteiger partial charge in [-0.25, -0.2) is 4.79 Å². The third kappa shape index (κ3) is 4.35. The van der Waals surface area contributed by atoms with Crippen LogP contribution in [0.4, 0.5) is 13.2 Å². The van der Waals surface area contributed by atoms with E-state index in [0.717, 1.165) is 0 Å². The molecule has 0 aliphatic carbocycles. The van der Waals surface area contributed by atoms with E-state index in [-0.39, 0.29) is 5.56 Å². The second-order valence-electron chi connectivity index (χ2n) is 3.18. The van der Waals surface area contributed by atoms with Gasteiger partial charge in [-0.3, -0.25) is 0 Å². The first-order valence-electron chi connectivity index (χ1n) is 4.46. The Morgan fingerprint density at radius 3 is 2.29 bits per heavy atom. The maximum atomic E-state index is 12.6. The van der Waals surface area contributed by atoms with Crippen molar-refractivity contribution in [3.05, 3.63) is 34.3 Å². The van der Waals surface area contributed by atoms with Gasteiger partial charge in [0.1, 0.15) is 6.61 Å². The van der Waals surface area contributed by atoms with Crippen LogP contribution in [-0.4, -0.2) is 23.9 Å². The van der Waals surface area contributed by atoms with E-state index in [0.29, 0.717) is 4.47 Å². The molecule has 17 heavy (non-hydrogen) atoms. The van der Waals surface area contributed by atoms with Crippen LogP contribution in [0.25, 0.3) is 0 Å². The molecule has 0 amide bonds. The van der Waals surface area contributed by atoms with Crippen molar-refractivity contribution in [3.8, 4) is 0 Å². The quantitative estimate of drug-likeness (QED) is 0.929. The topological polar surface area (TPSA) is 46.5 Å². The molecular weight excluding hydrogens is 305 g/mol. The van der Waals surface area contributed by atoms with Gasteiger partial charge in [-0.15, -0.1) is 0 Å². The first-order valence-corrected chi connectivity index (χ1v) is 5.25. The van der Waals surface area contributed by atoms with Crippen LogP contribution in [-0.2, 0) is 9.53 Å². The molecule has 0 radical (unpaired) electrons. The van der Waals surface area contributed by atoms with Gasteiger partial charge in [0.05, 0.1) is 0 Å². The first kappa shape index (κ1) is 14.0. The molecule has 0 aliphatic heterocycles. The molecule has 3 nitrogen and oxygen atoms in total. The smallest absolute Gasteiger partial charge is 0.418 e. The Balaban J connectivity index is 2.90. The third-order valence-electron chi connectivity index (χ3n) is 1.84. The molecule has 0 saturated heterocycles. The normalized spacial score (nSPS) is 13.4. The number of aliphatic carboxylic acids is 1. The van der Waals surface area contributed by atoms with E-state index in [9.17, 15) is 18.0 Å². The maximum absolute atomic E-state index is 12.6. The van der Waals surface area contributed by atoms with Crippen LogP contribution >= 0.6 is 15.9 Å². The zero-order chi connectivity index (χ0) is 13.1. The van der Waals surface area contributed by atoms with Crippen molar-refractivity contribution in [1.29, 1.82) is 0 Å². The number of rotatable bonds is 4. The fourth-order valence-corrected chi connectivity index (χ4v) is 1.44. The van der Waals surface area contributed by atoms with Crippen molar-refractivity contribution < 1.29 is 27.8 Å². The van der Waals surface area contributed by atoms with Gasteiger partial charge in [-0.05, 0) is 17.7 Å². The Morgan fingerprint density at radius 1 is 1.35 bits per heavy atom. The summed E-state index contributed by atoms with van der Waals surface area (Å²) < 4.78 is 42.9. The van der Waals surface area contributed by atoms with E-state index in [1.807, 2.05) is 0 Å². The zero-order valence-corrected chi connectivity index (χ0v) is 9.96. The number of ether oxygens (including phenoxy) is 1. The van der Waals surface area contributed by atoms with Gasteiger partial charge in [-0.1, -0.05) is 28.1 Å². The van der Waals surface area contributed by atoms with Crippen LogP contribution in [0.2, 0.25) is 0 Å². The summed E-state index contributed by atoms with van der Waals surface area (Å²) in [7, 11) is 0. The number of carbonyl (C=O) groups is 1. The molecule has 0 fully saturated rings. The maximum Gasteiger partial charge on any atom is 0.418 e. The lowest BCUT2D eigenvalue weighted by molar-refractivity contribution is -0.225. The van der Waals surface area contributed by atoms with Crippen molar-refractivity contribution in [3.63, 3.8) is 0 Å². The molecule has 1 unspecified atom stereocenters. The Hall–Kier alpha value is -1.08. The van der Waals surface area contributed by atoms with Crippen LogP contribution in [0.1, 0.15) is 11.7 Å². The van der Waals surface area contributed by atoms with Crippen LogP contribution in [0.5, 0.6) is 0 Å². The minimum atomic E-state index is -4.65. The lowest BCUT2D eigenvalue weighted by atomic mass is 10.1. The lowest BCUT2D eigenvalue weighted by Crippen LogP contribution is -2.25. The summed E-state index contributed by atoms with van der Waals surface area (Å²) in [5.41, 5.74) is -0.137. The van der Waals surface area contributed by atoms with Crippen LogP contribution < -0.4 is 0 Å². The summed E-state index contributed by atoms with van der Waals surface area (Å²) in [4.78, 5) is 10.2. The fourth-order valence-electron chi connectivity index (χ4n) is 1.17. The lowest BCUT2D eigenvalue weighted by Gasteiger charge is -2.20. The molecule has 1 aromatic rings. The van der Waals surface area contributed by atoms with Crippen molar-refractivity contribution in [1.82, 2.24) is 0 Å². The number of hydrogen-bond acceptors (Lipinski definition) is 2. The molecular formula is C10H8BrF3O3. The van der Waals surface area contributed by atoms with E-state index in [1.54, 1.807) is 0 Å². The van der Waals surface area contributed by atoms with E-state index >= 15 is 0 Å². The number of carboxylic acids is 1. The summed E-state index contributed by atoms with van der Waals surface area (Å²) in [5.74, 6) is -1.45. The zero-order valence-electron chi connectivity index (χ0n) is 8.37. The molecule has 0 aliphatic rings. The van der Waals surface area contributed by atoms with Crippen LogP contribution in [0, 0.1) is 0 Å². The van der Waals surface area contributed by atoms with E-state index < -0.39 is 24.9 Å². The molecule has 7 heteroatoms. The second-order valence-corrected chi connectivity index (χ2v) is 4.09. The van der Waals surface area contributed by atoms with Gasteiger partial charge in [0, 0.05) is 4.47 Å². The van der Waals surface area contributed by atoms with Crippen molar-refractivity contribution in [2.75, 3.05) is 6.61 Å². The fraction of sp³-hybridized carbons (Fsp3) is 0.300. The summed E-state index contributed by atoms with van der Waals surface area (Å²) in [6.07, 6.45) is -6.88. The Morgan fingerprint density at radius 2 is 1.88 bits per heavy atom. The Labute approximate surface area is 103 Å². The van der Waals surface area contributed by atoms with Crippen LogP contribution in [0.3, 0.4) is 0 Å². The van der Waals surface area contributed by atoms with Gasteiger partial charge in [0.2, 0.25) is 0 Å².